The predicted molar refractivity (Wildman–Crippen MR) is 60.1 cm³/mol. The lowest BCUT2D eigenvalue weighted by molar-refractivity contribution is -0.0476. The molecule has 2 aliphatic heterocycles. The lowest BCUT2D eigenvalue weighted by atomic mass is 9.96. The highest BCUT2D eigenvalue weighted by Gasteiger charge is 2.41. The molecule has 94 valence electrons. The van der Waals surface area contributed by atoms with E-state index >= 15 is 0 Å². The van der Waals surface area contributed by atoms with E-state index in [4.69, 9.17) is 4.74 Å². The molecule has 6 heteroatoms. The van der Waals surface area contributed by atoms with Gasteiger partial charge in [-0.15, -0.1) is 0 Å². The molecule has 2 heterocycles. The Morgan fingerprint density at radius 1 is 1.44 bits per heavy atom. The summed E-state index contributed by atoms with van der Waals surface area (Å²) in [7, 11) is -2.84. The molecule has 0 aromatic carbocycles. The summed E-state index contributed by atoms with van der Waals surface area (Å²) in [6.45, 7) is 4.02. The molecule has 0 saturated carbocycles. The maximum atomic E-state index is 11.3. The molecule has 0 amide bonds. The maximum Gasteiger partial charge on any atom is 0.152 e. The zero-order valence-electron chi connectivity index (χ0n) is 9.55. The smallest absolute Gasteiger partial charge is 0.152 e. The van der Waals surface area contributed by atoms with E-state index in [9.17, 15) is 13.5 Å². The first kappa shape index (κ1) is 12.3. The van der Waals surface area contributed by atoms with Gasteiger partial charge in [-0.2, -0.15) is 0 Å². The van der Waals surface area contributed by atoms with Gasteiger partial charge in [-0.25, -0.2) is 8.42 Å². The van der Waals surface area contributed by atoms with Crippen molar-refractivity contribution in [2.24, 2.45) is 0 Å². The van der Waals surface area contributed by atoms with Crippen molar-refractivity contribution >= 4 is 9.84 Å². The summed E-state index contributed by atoms with van der Waals surface area (Å²) in [6.07, 6.45) is 0.475. The van der Waals surface area contributed by atoms with Gasteiger partial charge in [0, 0.05) is 32.7 Å². The van der Waals surface area contributed by atoms with Gasteiger partial charge >= 0.3 is 0 Å². The minimum atomic E-state index is -2.84. The molecule has 0 spiro atoms. The van der Waals surface area contributed by atoms with Crippen molar-refractivity contribution < 1.29 is 18.3 Å². The van der Waals surface area contributed by atoms with E-state index in [0.717, 1.165) is 0 Å². The van der Waals surface area contributed by atoms with Gasteiger partial charge in [-0.1, -0.05) is 0 Å². The van der Waals surface area contributed by atoms with Crippen LogP contribution in [0.5, 0.6) is 0 Å². The minimum Gasteiger partial charge on any atom is -0.386 e. The van der Waals surface area contributed by atoms with Crippen molar-refractivity contribution in [1.29, 1.82) is 0 Å². The van der Waals surface area contributed by atoms with E-state index in [-0.39, 0.29) is 17.6 Å². The van der Waals surface area contributed by atoms with Crippen LogP contribution in [0.1, 0.15) is 13.3 Å². The predicted octanol–water partition coefficient (Wildman–Crippen LogP) is -0.743. The molecule has 2 fully saturated rings. The van der Waals surface area contributed by atoms with Crippen molar-refractivity contribution in [3.63, 3.8) is 0 Å². The van der Waals surface area contributed by atoms with Crippen LogP contribution in [0.2, 0.25) is 0 Å². The average Bonchev–Trinajstić information content (AvgIpc) is 2.51. The molecule has 2 aliphatic rings. The zero-order chi connectivity index (χ0) is 11.8. The first-order valence-electron chi connectivity index (χ1n) is 5.68. The molecule has 0 radical (unpaired) electrons. The highest BCUT2D eigenvalue weighted by atomic mass is 32.2. The van der Waals surface area contributed by atoms with E-state index in [2.05, 4.69) is 0 Å². The van der Waals surface area contributed by atoms with E-state index in [1.165, 1.54) is 0 Å². The third-order valence-corrected chi connectivity index (χ3v) is 5.20. The molecule has 2 atom stereocenters. The molecular weight excluding hydrogens is 230 g/mol. The van der Waals surface area contributed by atoms with Gasteiger partial charge in [0.2, 0.25) is 0 Å². The van der Waals surface area contributed by atoms with Crippen LogP contribution in [0.4, 0.5) is 0 Å². The average molecular weight is 249 g/mol. The number of sulfone groups is 1. The Kier molecular flexibility index (Phi) is 3.27. The number of hydrogen-bond acceptors (Lipinski definition) is 5. The third kappa shape index (κ3) is 2.56. The fourth-order valence-electron chi connectivity index (χ4n) is 2.27. The number of ether oxygens (including phenoxy) is 1. The molecule has 0 aromatic rings. The number of nitrogens with zero attached hydrogens (tertiary/aromatic N) is 1. The molecule has 0 bridgehead atoms. The molecule has 0 aromatic heterocycles. The van der Waals surface area contributed by atoms with Gasteiger partial charge in [0.15, 0.2) is 9.84 Å². The van der Waals surface area contributed by atoms with E-state index < -0.39 is 15.4 Å². The van der Waals surface area contributed by atoms with E-state index in [1.54, 1.807) is 0 Å². The highest BCUT2D eigenvalue weighted by molar-refractivity contribution is 7.91. The molecule has 1 N–H and O–H groups in total. The Morgan fingerprint density at radius 2 is 2.06 bits per heavy atom. The van der Waals surface area contributed by atoms with E-state index in [1.807, 2.05) is 11.8 Å². The summed E-state index contributed by atoms with van der Waals surface area (Å²) in [5.74, 6) is 0.413. The SMILES string of the molecule is CC1OCCC1(O)CN1CCS(=O)(=O)CC1. The van der Waals surface area contributed by atoms with Crippen LogP contribution in [-0.2, 0) is 14.6 Å². The van der Waals surface area contributed by atoms with Gasteiger partial charge < -0.3 is 9.84 Å². The second-order valence-corrected chi connectivity index (χ2v) is 7.10. The summed E-state index contributed by atoms with van der Waals surface area (Å²) in [6, 6.07) is 0. The Labute approximate surface area is 96.3 Å². The number of β-amino-alcohol motifs (C(OH)–C–C–N with tert-alkyl or cyclic N) is 1. The fourth-order valence-corrected chi connectivity index (χ4v) is 3.55. The molecule has 5 nitrogen and oxygen atoms in total. The highest BCUT2D eigenvalue weighted by Crippen LogP contribution is 2.27. The van der Waals surface area contributed by atoms with Crippen LogP contribution in [0, 0.1) is 0 Å². The summed E-state index contributed by atoms with van der Waals surface area (Å²) >= 11 is 0. The number of hydrogen-bond donors (Lipinski definition) is 1. The molecule has 0 aliphatic carbocycles. The van der Waals surface area contributed by atoms with Gasteiger partial charge in [0.25, 0.3) is 0 Å². The standard InChI is InChI=1S/C10H19NO4S/c1-9-10(12,2-5-15-9)8-11-3-6-16(13,14)7-4-11/h9,12H,2-8H2,1H3. The normalized spacial score (nSPS) is 40.0. The molecule has 2 saturated heterocycles. The van der Waals surface area contributed by atoms with Crippen molar-refractivity contribution in [3.8, 4) is 0 Å². The Morgan fingerprint density at radius 3 is 2.56 bits per heavy atom. The van der Waals surface area contributed by atoms with Gasteiger partial charge in [-0.05, 0) is 6.92 Å². The molecule has 2 rings (SSSR count). The maximum absolute atomic E-state index is 11.3. The van der Waals surface area contributed by atoms with Crippen molar-refractivity contribution in [1.82, 2.24) is 4.90 Å². The number of aliphatic hydroxyl groups is 1. The minimum absolute atomic E-state index is 0.161. The lowest BCUT2D eigenvalue weighted by Gasteiger charge is -2.35. The first-order chi connectivity index (χ1) is 7.41. The van der Waals surface area contributed by atoms with Crippen molar-refractivity contribution in [2.45, 2.75) is 25.0 Å². The molecule has 2 unspecified atom stereocenters. The Balaban J connectivity index is 1.91. The van der Waals surface area contributed by atoms with Crippen molar-refractivity contribution in [3.05, 3.63) is 0 Å². The van der Waals surface area contributed by atoms with Crippen LogP contribution in [-0.4, -0.2) is 67.9 Å². The fraction of sp³-hybridized carbons (Fsp3) is 1.00. The van der Waals surface area contributed by atoms with Gasteiger partial charge in [-0.3, -0.25) is 4.90 Å². The topological polar surface area (TPSA) is 66.8 Å². The van der Waals surface area contributed by atoms with Crippen LogP contribution < -0.4 is 0 Å². The van der Waals surface area contributed by atoms with Crippen LogP contribution >= 0.6 is 0 Å². The van der Waals surface area contributed by atoms with Crippen molar-refractivity contribution in [2.75, 3.05) is 37.7 Å². The quantitative estimate of drug-likeness (QED) is 0.698. The van der Waals surface area contributed by atoms with Crippen LogP contribution in [0.25, 0.3) is 0 Å². The van der Waals surface area contributed by atoms with Gasteiger partial charge in [0.1, 0.15) is 5.60 Å². The monoisotopic (exact) mass is 249 g/mol. The summed E-state index contributed by atoms with van der Waals surface area (Å²) in [5.41, 5.74) is -0.804. The first-order valence-corrected chi connectivity index (χ1v) is 7.50. The van der Waals surface area contributed by atoms with Gasteiger partial charge in [0.05, 0.1) is 17.6 Å². The third-order valence-electron chi connectivity index (χ3n) is 3.59. The van der Waals surface area contributed by atoms with Crippen LogP contribution in [0.15, 0.2) is 0 Å². The zero-order valence-corrected chi connectivity index (χ0v) is 10.4. The lowest BCUT2D eigenvalue weighted by Crippen LogP contribution is -2.51. The van der Waals surface area contributed by atoms with Crippen LogP contribution in [0.3, 0.4) is 0 Å². The Bertz CT molecular complexity index is 342. The summed E-state index contributed by atoms with van der Waals surface area (Å²) in [4.78, 5) is 2.02. The largest absolute Gasteiger partial charge is 0.386 e. The summed E-state index contributed by atoms with van der Waals surface area (Å²) in [5, 5.41) is 10.3. The molecule has 16 heavy (non-hydrogen) atoms. The second-order valence-electron chi connectivity index (χ2n) is 4.79. The Hall–Kier alpha value is -0.170. The molecular formula is C10H19NO4S. The second kappa shape index (κ2) is 4.25. The number of rotatable bonds is 2. The summed E-state index contributed by atoms with van der Waals surface area (Å²) < 4.78 is 27.9. The van der Waals surface area contributed by atoms with E-state index in [0.29, 0.717) is 32.7 Å².